The van der Waals surface area contributed by atoms with Gasteiger partial charge in [0, 0.05) is 5.48 Å². The summed E-state index contributed by atoms with van der Waals surface area (Å²) in [5, 5.41) is 0. The van der Waals surface area contributed by atoms with Crippen LogP contribution in [0.4, 0.5) is 0 Å². The molecule has 0 amide bonds. The van der Waals surface area contributed by atoms with E-state index >= 15 is 0 Å². The van der Waals surface area contributed by atoms with Crippen LogP contribution in [0.25, 0.3) is 0 Å². The van der Waals surface area contributed by atoms with Crippen LogP contribution in [-0.4, -0.2) is 0 Å². The average Bonchev–Trinajstić information content (AvgIpc) is 2.63. The first kappa shape index (κ1) is 3.30. The summed E-state index contributed by atoms with van der Waals surface area (Å²) >= 11 is 0. The van der Waals surface area contributed by atoms with Gasteiger partial charge in [-0.2, -0.15) is 0 Å². The first-order valence-electron chi connectivity index (χ1n) is 6.05. The molecule has 1 aromatic carbocycles. The molecule has 1 saturated carbocycles. The van der Waals surface area contributed by atoms with E-state index in [2.05, 4.69) is 0 Å². The van der Waals surface area contributed by atoms with Gasteiger partial charge in [0.1, 0.15) is 0 Å². The van der Waals surface area contributed by atoms with Crippen LogP contribution in [0.2, 0.25) is 0 Å². The lowest BCUT2D eigenvalue weighted by Gasteiger charge is -2.13. The highest BCUT2D eigenvalue weighted by Crippen LogP contribution is 2.52. The van der Waals surface area contributed by atoms with E-state index in [0.29, 0.717) is 6.42 Å². The van der Waals surface area contributed by atoms with E-state index in [4.69, 9.17) is 5.48 Å². The Morgan fingerprint density at radius 1 is 1.09 bits per heavy atom. The molecule has 56 valence electrons. The minimum absolute atomic E-state index is 0.256. The van der Waals surface area contributed by atoms with Crippen LogP contribution in [0.3, 0.4) is 0 Å². The van der Waals surface area contributed by atoms with Crippen LogP contribution in [0.1, 0.15) is 47.6 Å². The Morgan fingerprint density at radius 3 is 2.18 bits per heavy atom. The molecule has 0 nitrogen and oxygen atoms in total. The zero-order valence-corrected chi connectivity index (χ0v) is 6.17. The summed E-state index contributed by atoms with van der Waals surface area (Å²) in [6.45, 7) is 0. The molecule has 11 heavy (non-hydrogen) atoms. The summed E-state index contributed by atoms with van der Waals surface area (Å²) in [6.07, 6.45) is -2.81. The number of hydrogen-bond donors (Lipinski definition) is 0. The molecule has 0 spiro atoms. The predicted molar refractivity (Wildman–Crippen MR) is 45.8 cm³/mol. The fourth-order valence-corrected chi connectivity index (χ4v) is 2.11. The summed E-state index contributed by atoms with van der Waals surface area (Å²) < 4.78 is 31.6. The van der Waals surface area contributed by atoms with Gasteiger partial charge in [0.25, 0.3) is 0 Å². The third-order valence-electron chi connectivity index (χ3n) is 2.65. The van der Waals surface area contributed by atoms with E-state index in [1.165, 1.54) is 0 Å². The van der Waals surface area contributed by atoms with Gasteiger partial charge >= 0.3 is 0 Å². The zero-order valence-electron chi connectivity index (χ0n) is 10.2. The number of benzene rings is 1. The summed E-state index contributed by atoms with van der Waals surface area (Å²) in [5.74, 6) is -0.512. The Balaban J connectivity index is 2.23. The predicted octanol–water partition coefficient (Wildman–Crippen LogP) is 3.05. The Morgan fingerprint density at radius 2 is 1.64 bits per heavy atom. The van der Waals surface area contributed by atoms with Crippen LogP contribution in [0.15, 0.2) is 24.3 Å². The van der Waals surface area contributed by atoms with E-state index in [0.717, 1.165) is 11.1 Å². The lowest BCUT2D eigenvalue weighted by molar-refractivity contribution is 0.717. The molecule has 0 aliphatic heterocycles. The summed E-state index contributed by atoms with van der Waals surface area (Å²) in [6, 6.07) is 7.69. The SMILES string of the molecule is [2H]C1([2H])C2CC(c3ccccc32)C1([2H])[2H]. The van der Waals surface area contributed by atoms with Crippen molar-refractivity contribution < 1.29 is 5.48 Å². The minimum Gasteiger partial charge on any atom is -0.0620 e. The molecule has 2 unspecified atom stereocenters. The third kappa shape index (κ3) is 0.649. The Bertz CT molecular complexity index is 385. The van der Waals surface area contributed by atoms with Crippen molar-refractivity contribution in [3.8, 4) is 0 Å². The van der Waals surface area contributed by atoms with Crippen molar-refractivity contribution in [1.29, 1.82) is 0 Å². The van der Waals surface area contributed by atoms with E-state index in [-0.39, 0.29) is 11.8 Å². The molecule has 0 heterocycles. The fourth-order valence-electron chi connectivity index (χ4n) is 2.11. The van der Waals surface area contributed by atoms with Crippen LogP contribution in [0.5, 0.6) is 0 Å². The van der Waals surface area contributed by atoms with Gasteiger partial charge in [-0.1, -0.05) is 24.3 Å². The summed E-state index contributed by atoms with van der Waals surface area (Å²) in [5.41, 5.74) is 2.03. The standard InChI is InChI=1S/C11H12/c1-2-4-11-9-6-5-8(7-9)10(11)3-1/h1-4,8-9H,5-7H2/i5D2,6D2. The zero-order chi connectivity index (χ0) is 10.8. The molecule has 0 saturated heterocycles. The van der Waals surface area contributed by atoms with Gasteiger partial charge in [-0.3, -0.25) is 0 Å². The van der Waals surface area contributed by atoms with Gasteiger partial charge in [-0.05, 0) is 42.1 Å². The monoisotopic (exact) mass is 148 g/mol. The second-order valence-corrected chi connectivity index (χ2v) is 3.26. The highest BCUT2D eigenvalue weighted by molar-refractivity contribution is 5.40. The molecule has 1 fully saturated rings. The van der Waals surface area contributed by atoms with Crippen molar-refractivity contribution in [3.63, 3.8) is 0 Å². The molecule has 1 aromatic rings. The largest absolute Gasteiger partial charge is 0.0620 e. The second-order valence-electron chi connectivity index (χ2n) is 3.26. The first-order valence-corrected chi connectivity index (χ1v) is 4.05. The Hall–Kier alpha value is -0.780. The molecule has 2 bridgehead atoms. The fraction of sp³-hybridized carbons (Fsp3) is 0.455. The molecular weight excluding hydrogens is 132 g/mol. The van der Waals surface area contributed by atoms with Crippen molar-refractivity contribution in [2.45, 2.75) is 31.0 Å². The van der Waals surface area contributed by atoms with Crippen molar-refractivity contribution in [1.82, 2.24) is 0 Å². The van der Waals surface area contributed by atoms with Crippen molar-refractivity contribution in [2.24, 2.45) is 0 Å². The number of fused-ring (bicyclic) bond motifs is 5. The Labute approximate surface area is 72.9 Å². The molecule has 3 rings (SSSR count). The maximum absolute atomic E-state index is 7.90. The first-order chi connectivity index (χ1) is 6.96. The minimum atomic E-state index is -1.72. The average molecular weight is 148 g/mol. The van der Waals surface area contributed by atoms with Gasteiger partial charge < -0.3 is 0 Å². The molecule has 0 radical (unpaired) electrons. The summed E-state index contributed by atoms with van der Waals surface area (Å²) in [7, 11) is 0. The molecular formula is C11H12. The van der Waals surface area contributed by atoms with E-state index in [9.17, 15) is 0 Å². The van der Waals surface area contributed by atoms with Crippen LogP contribution >= 0.6 is 0 Å². The van der Waals surface area contributed by atoms with Gasteiger partial charge in [0.15, 0.2) is 0 Å². The van der Waals surface area contributed by atoms with Crippen molar-refractivity contribution in [2.75, 3.05) is 0 Å². The van der Waals surface area contributed by atoms with E-state index < -0.39 is 12.7 Å². The smallest absolute Gasteiger partial charge is 0.0273 e. The molecule has 0 heteroatoms. The maximum Gasteiger partial charge on any atom is 0.0273 e. The molecule has 2 aliphatic carbocycles. The summed E-state index contributed by atoms with van der Waals surface area (Å²) in [4.78, 5) is 0. The van der Waals surface area contributed by atoms with Crippen LogP contribution < -0.4 is 0 Å². The molecule has 0 aromatic heterocycles. The normalized spacial score (nSPS) is 46.9. The number of hydrogen-bond acceptors (Lipinski definition) is 0. The molecule has 2 aliphatic rings. The quantitative estimate of drug-likeness (QED) is 0.530. The number of rotatable bonds is 0. The third-order valence-corrected chi connectivity index (χ3v) is 2.65. The van der Waals surface area contributed by atoms with Crippen LogP contribution in [-0.2, 0) is 0 Å². The van der Waals surface area contributed by atoms with Gasteiger partial charge in [0.05, 0.1) is 0 Å². The van der Waals surface area contributed by atoms with E-state index in [1.807, 2.05) is 24.3 Å². The van der Waals surface area contributed by atoms with Crippen molar-refractivity contribution >= 4 is 0 Å². The van der Waals surface area contributed by atoms with Gasteiger partial charge in [-0.15, -0.1) is 0 Å². The lowest BCUT2D eigenvalue weighted by atomic mass is 9.92. The van der Waals surface area contributed by atoms with Crippen molar-refractivity contribution in [3.05, 3.63) is 35.4 Å². The van der Waals surface area contributed by atoms with E-state index in [1.54, 1.807) is 0 Å². The highest BCUT2D eigenvalue weighted by atomic mass is 14.4. The topological polar surface area (TPSA) is 0 Å². The molecule has 0 N–H and O–H groups in total. The lowest BCUT2D eigenvalue weighted by Crippen LogP contribution is -1.95. The Kier molecular flexibility index (Phi) is 0.563. The van der Waals surface area contributed by atoms with Gasteiger partial charge in [0.2, 0.25) is 0 Å². The maximum atomic E-state index is 7.90. The van der Waals surface area contributed by atoms with Crippen LogP contribution in [0, 0.1) is 0 Å². The van der Waals surface area contributed by atoms with Gasteiger partial charge in [-0.25, -0.2) is 0 Å². The molecule has 2 atom stereocenters. The second kappa shape index (κ2) is 1.88. The highest BCUT2D eigenvalue weighted by Gasteiger charge is 2.35.